The Balaban J connectivity index is 1.80. The molecule has 0 unspecified atom stereocenters. The summed E-state index contributed by atoms with van der Waals surface area (Å²) in [5.41, 5.74) is 0.0207. The lowest BCUT2D eigenvalue weighted by Crippen LogP contribution is -2.07. The number of thiazole rings is 1. The summed E-state index contributed by atoms with van der Waals surface area (Å²) < 4.78 is 62.5. The third kappa shape index (κ3) is 4.22. The third-order valence-corrected chi connectivity index (χ3v) is 6.09. The van der Waals surface area contributed by atoms with Crippen molar-refractivity contribution in [3.8, 4) is 10.6 Å². The van der Waals surface area contributed by atoms with Gasteiger partial charge in [0.1, 0.15) is 5.01 Å². The molecule has 3 aromatic rings. The predicted octanol–water partition coefficient (Wildman–Crippen LogP) is 4.85. The highest BCUT2D eigenvalue weighted by Crippen LogP contribution is 2.32. The number of benzene rings is 1. The molecule has 0 radical (unpaired) electrons. The number of nitrogens with zero attached hydrogens (tertiary/aromatic N) is 2. The van der Waals surface area contributed by atoms with E-state index in [-0.39, 0.29) is 10.8 Å². The van der Waals surface area contributed by atoms with Crippen LogP contribution in [-0.4, -0.2) is 18.4 Å². The summed E-state index contributed by atoms with van der Waals surface area (Å²) >= 11 is 6.85. The van der Waals surface area contributed by atoms with Crippen molar-refractivity contribution in [1.29, 1.82) is 0 Å². The number of hydrogen-bond donors (Lipinski definition) is 0. The van der Waals surface area contributed by atoms with Gasteiger partial charge in [-0.05, 0) is 24.3 Å². The average Bonchev–Trinajstić information content (AvgIpc) is 3.02. The lowest BCUT2D eigenvalue weighted by atomic mass is 10.1. The summed E-state index contributed by atoms with van der Waals surface area (Å²) in [4.78, 5) is 8.00. The van der Waals surface area contributed by atoms with Gasteiger partial charge >= 0.3 is 6.18 Å². The fourth-order valence-corrected chi connectivity index (χ4v) is 4.34. The second-order valence-electron chi connectivity index (χ2n) is 5.29. The van der Waals surface area contributed by atoms with Crippen molar-refractivity contribution in [2.75, 3.05) is 0 Å². The molecule has 0 bridgehead atoms. The Morgan fingerprint density at radius 1 is 1.08 bits per heavy atom. The van der Waals surface area contributed by atoms with Crippen LogP contribution in [0.25, 0.3) is 10.6 Å². The topological polar surface area (TPSA) is 59.9 Å². The summed E-state index contributed by atoms with van der Waals surface area (Å²) in [5, 5.41) is 2.20. The molecule has 0 atom stereocenters. The largest absolute Gasteiger partial charge is 0.416 e. The van der Waals surface area contributed by atoms with Gasteiger partial charge in [0.15, 0.2) is 5.03 Å². The predicted molar refractivity (Wildman–Crippen MR) is 92.7 cm³/mol. The van der Waals surface area contributed by atoms with Crippen LogP contribution in [0.15, 0.2) is 53.0 Å². The molecular formula is C16H10ClF3N2O2S2. The monoisotopic (exact) mass is 418 g/mol. The standard InChI is InChI=1S/C16H10ClF3N2O2S2/c17-12-5-6-14(21-7-12)26(23,24)9-13-8-25-15(22-13)10-1-3-11(4-2-10)16(18,19)20/h1-8H,9H2. The van der Waals surface area contributed by atoms with E-state index >= 15 is 0 Å². The molecule has 3 rings (SSSR count). The molecule has 4 nitrogen and oxygen atoms in total. The maximum Gasteiger partial charge on any atom is 0.416 e. The van der Waals surface area contributed by atoms with Crippen LogP contribution in [0.3, 0.4) is 0 Å². The van der Waals surface area contributed by atoms with E-state index in [1.54, 1.807) is 5.38 Å². The van der Waals surface area contributed by atoms with E-state index < -0.39 is 21.6 Å². The van der Waals surface area contributed by atoms with Gasteiger partial charge in [0.25, 0.3) is 0 Å². The smallest absolute Gasteiger partial charge is 0.243 e. The summed E-state index contributed by atoms with van der Waals surface area (Å²) in [7, 11) is -3.70. The molecule has 0 aliphatic rings. The molecule has 0 saturated carbocycles. The van der Waals surface area contributed by atoms with Crippen LogP contribution in [0.2, 0.25) is 5.02 Å². The molecule has 1 aromatic carbocycles. The van der Waals surface area contributed by atoms with Gasteiger partial charge in [-0.15, -0.1) is 11.3 Å². The van der Waals surface area contributed by atoms with Crippen LogP contribution in [-0.2, 0) is 21.8 Å². The lowest BCUT2D eigenvalue weighted by molar-refractivity contribution is -0.137. The van der Waals surface area contributed by atoms with Gasteiger partial charge in [-0.2, -0.15) is 13.2 Å². The molecule has 0 saturated heterocycles. The molecular weight excluding hydrogens is 409 g/mol. The average molecular weight is 419 g/mol. The minimum atomic E-state index is -4.41. The van der Waals surface area contributed by atoms with Crippen molar-refractivity contribution in [2.24, 2.45) is 0 Å². The Morgan fingerprint density at radius 2 is 1.77 bits per heavy atom. The van der Waals surface area contributed by atoms with Gasteiger partial charge in [-0.1, -0.05) is 23.7 Å². The SMILES string of the molecule is O=S(=O)(Cc1csc(-c2ccc(C(F)(F)F)cc2)n1)c1ccc(Cl)cn1. The Bertz CT molecular complexity index is 1010. The van der Waals surface area contributed by atoms with Gasteiger partial charge in [0, 0.05) is 17.1 Å². The van der Waals surface area contributed by atoms with E-state index in [4.69, 9.17) is 11.6 Å². The molecule has 136 valence electrons. The van der Waals surface area contributed by atoms with Gasteiger partial charge < -0.3 is 0 Å². The van der Waals surface area contributed by atoms with Crippen molar-refractivity contribution < 1.29 is 21.6 Å². The molecule has 0 amide bonds. The number of pyridine rings is 1. The van der Waals surface area contributed by atoms with E-state index in [2.05, 4.69) is 9.97 Å². The van der Waals surface area contributed by atoms with Crippen LogP contribution in [0.5, 0.6) is 0 Å². The summed E-state index contributed by atoms with van der Waals surface area (Å²) in [6, 6.07) is 7.27. The first-order valence-corrected chi connectivity index (χ1v) is 10.0. The molecule has 10 heteroatoms. The highest BCUT2D eigenvalue weighted by molar-refractivity contribution is 7.90. The second-order valence-corrected chi connectivity index (χ2v) is 8.52. The summed E-state index contributed by atoms with van der Waals surface area (Å²) in [5.74, 6) is -0.362. The van der Waals surface area contributed by atoms with E-state index in [0.717, 1.165) is 23.5 Å². The number of rotatable bonds is 4. The highest BCUT2D eigenvalue weighted by Gasteiger charge is 2.30. The van der Waals surface area contributed by atoms with Gasteiger partial charge in [-0.25, -0.2) is 18.4 Å². The van der Waals surface area contributed by atoms with E-state index in [0.29, 0.717) is 21.3 Å². The van der Waals surface area contributed by atoms with E-state index in [9.17, 15) is 21.6 Å². The molecule has 0 N–H and O–H groups in total. The number of alkyl halides is 3. The van der Waals surface area contributed by atoms with Crippen molar-refractivity contribution in [3.05, 3.63) is 64.3 Å². The van der Waals surface area contributed by atoms with Crippen LogP contribution in [0, 0.1) is 0 Å². The van der Waals surface area contributed by atoms with Crippen molar-refractivity contribution in [2.45, 2.75) is 17.0 Å². The second kappa shape index (κ2) is 6.98. The fraction of sp³-hybridized carbons (Fsp3) is 0.125. The zero-order chi connectivity index (χ0) is 18.9. The zero-order valence-corrected chi connectivity index (χ0v) is 15.3. The summed E-state index contributed by atoms with van der Waals surface area (Å²) in [6.45, 7) is 0. The van der Waals surface area contributed by atoms with Crippen LogP contribution in [0.4, 0.5) is 13.2 Å². The molecule has 26 heavy (non-hydrogen) atoms. The Morgan fingerprint density at radius 3 is 2.35 bits per heavy atom. The fourth-order valence-electron chi connectivity index (χ4n) is 2.12. The number of aromatic nitrogens is 2. The van der Waals surface area contributed by atoms with Crippen LogP contribution < -0.4 is 0 Å². The zero-order valence-electron chi connectivity index (χ0n) is 12.9. The first kappa shape index (κ1) is 18.8. The van der Waals surface area contributed by atoms with Gasteiger partial charge in [0.2, 0.25) is 9.84 Å². The minimum Gasteiger partial charge on any atom is -0.243 e. The molecule has 0 spiro atoms. The normalized spacial score (nSPS) is 12.3. The molecule has 0 aliphatic heterocycles. The van der Waals surface area contributed by atoms with Crippen molar-refractivity contribution >= 4 is 32.8 Å². The van der Waals surface area contributed by atoms with Gasteiger partial charge in [-0.3, -0.25) is 0 Å². The first-order chi connectivity index (χ1) is 12.1. The Labute approximate surface area is 156 Å². The number of hydrogen-bond acceptors (Lipinski definition) is 5. The maximum atomic E-state index is 12.6. The third-order valence-electron chi connectivity index (χ3n) is 3.37. The Hall–Kier alpha value is -1.97. The minimum absolute atomic E-state index is 0.119. The maximum absolute atomic E-state index is 12.6. The highest BCUT2D eigenvalue weighted by atomic mass is 35.5. The Kier molecular flexibility index (Phi) is 5.05. The molecule has 2 aromatic heterocycles. The molecule has 0 fully saturated rings. The first-order valence-electron chi connectivity index (χ1n) is 7.11. The van der Waals surface area contributed by atoms with Crippen LogP contribution >= 0.6 is 22.9 Å². The lowest BCUT2D eigenvalue weighted by Gasteiger charge is -2.06. The van der Waals surface area contributed by atoms with Crippen LogP contribution in [0.1, 0.15) is 11.3 Å². The number of sulfone groups is 1. The summed E-state index contributed by atoms with van der Waals surface area (Å²) in [6.07, 6.45) is -3.17. The van der Waals surface area contributed by atoms with Crippen molar-refractivity contribution in [1.82, 2.24) is 9.97 Å². The van der Waals surface area contributed by atoms with Crippen molar-refractivity contribution in [3.63, 3.8) is 0 Å². The molecule has 2 heterocycles. The van der Waals surface area contributed by atoms with E-state index in [1.165, 1.54) is 30.5 Å². The quantitative estimate of drug-likeness (QED) is 0.607. The van der Waals surface area contributed by atoms with E-state index in [1.807, 2.05) is 0 Å². The van der Waals surface area contributed by atoms with Gasteiger partial charge in [0.05, 0.1) is 22.0 Å². The number of halogens is 4. The molecule has 0 aliphatic carbocycles.